The van der Waals surface area contributed by atoms with Gasteiger partial charge in [-0.2, -0.15) is 0 Å². The number of nitrogens with two attached hydrogens (primary N) is 1. The van der Waals surface area contributed by atoms with E-state index in [-0.39, 0.29) is 18.1 Å². The van der Waals surface area contributed by atoms with Crippen LogP contribution in [-0.2, 0) is 16.1 Å². The van der Waals surface area contributed by atoms with E-state index in [9.17, 15) is 4.79 Å². The van der Waals surface area contributed by atoms with Crippen LogP contribution in [-0.4, -0.2) is 42.6 Å². The third-order valence-corrected chi connectivity index (χ3v) is 3.84. The van der Waals surface area contributed by atoms with Crippen LogP contribution in [0.5, 0.6) is 0 Å². The lowest BCUT2D eigenvalue weighted by atomic mass is 10.2. The summed E-state index contributed by atoms with van der Waals surface area (Å²) in [4.78, 5) is 14.6. The molecule has 5 heteroatoms. The molecule has 1 aromatic carbocycles. The van der Waals surface area contributed by atoms with Gasteiger partial charge in [0.05, 0.1) is 12.1 Å². The molecule has 0 aromatic heterocycles. The zero-order chi connectivity index (χ0) is 15.2. The Kier molecular flexibility index (Phi) is 5.73. The first-order valence-electron chi connectivity index (χ1n) is 7.55. The second-order valence-corrected chi connectivity index (χ2v) is 5.60. The molecule has 0 radical (unpaired) electrons. The number of nitrogens with zero attached hydrogens (tertiary/aromatic N) is 1. The highest BCUT2D eigenvalue weighted by Crippen LogP contribution is 2.14. The normalized spacial score (nSPS) is 21.6. The summed E-state index contributed by atoms with van der Waals surface area (Å²) in [6.07, 6.45) is 1.13. The zero-order valence-electron chi connectivity index (χ0n) is 12.8. The first-order chi connectivity index (χ1) is 10.1. The Hall–Kier alpha value is -1.43. The summed E-state index contributed by atoms with van der Waals surface area (Å²) >= 11 is 0. The Balaban J connectivity index is 1.97. The Morgan fingerprint density at radius 1 is 1.57 bits per heavy atom. The van der Waals surface area contributed by atoms with Crippen molar-refractivity contribution in [1.29, 1.82) is 0 Å². The van der Waals surface area contributed by atoms with Crippen molar-refractivity contribution in [3.63, 3.8) is 0 Å². The largest absolute Gasteiger partial charge is 0.377 e. The van der Waals surface area contributed by atoms with Gasteiger partial charge in [0.1, 0.15) is 0 Å². The fourth-order valence-electron chi connectivity index (χ4n) is 2.57. The SMILES string of the molecule is CC1CN(C(C)C(=O)Nc2cccc(CN)c2)CCCO1. The molecule has 1 fully saturated rings. The highest BCUT2D eigenvalue weighted by molar-refractivity contribution is 5.94. The average molecular weight is 291 g/mol. The van der Waals surface area contributed by atoms with Crippen LogP contribution in [0.2, 0.25) is 0 Å². The number of anilines is 1. The maximum Gasteiger partial charge on any atom is 0.241 e. The minimum atomic E-state index is -0.171. The molecular formula is C16H25N3O2. The van der Waals surface area contributed by atoms with Crippen molar-refractivity contribution in [3.05, 3.63) is 29.8 Å². The van der Waals surface area contributed by atoms with E-state index in [0.29, 0.717) is 6.54 Å². The number of ether oxygens (including phenoxy) is 1. The third kappa shape index (κ3) is 4.52. The molecular weight excluding hydrogens is 266 g/mol. The van der Waals surface area contributed by atoms with Crippen LogP contribution in [0, 0.1) is 0 Å². The highest BCUT2D eigenvalue weighted by atomic mass is 16.5. The topological polar surface area (TPSA) is 67.6 Å². The molecule has 0 bridgehead atoms. The van der Waals surface area contributed by atoms with Crippen molar-refractivity contribution in [2.24, 2.45) is 5.73 Å². The molecule has 5 nitrogen and oxygen atoms in total. The molecule has 1 heterocycles. The van der Waals surface area contributed by atoms with Gasteiger partial charge in [0.2, 0.25) is 5.91 Å². The molecule has 1 aliphatic heterocycles. The van der Waals surface area contributed by atoms with Crippen molar-refractivity contribution in [2.45, 2.75) is 39.0 Å². The van der Waals surface area contributed by atoms with Crippen LogP contribution in [0.1, 0.15) is 25.8 Å². The third-order valence-electron chi connectivity index (χ3n) is 3.84. The quantitative estimate of drug-likeness (QED) is 0.884. The number of hydrogen-bond donors (Lipinski definition) is 2. The van der Waals surface area contributed by atoms with Crippen molar-refractivity contribution in [3.8, 4) is 0 Å². The van der Waals surface area contributed by atoms with E-state index in [2.05, 4.69) is 10.2 Å². The molecule has 1 amide bonds. The Bertz CT molecular complexity index is 478. The number of benzene rings is 1. The Labute approximate surface area is 126 Å². The summed E-state index contributed by atoms with van der Waals surface area (Å²) < 4.78 is 5.62. The highest BCUT2D eigenvalue weighted by Gasteiger charge is 2.24. The predicted octanol–water partition coefficient (Wildman–Crippen LogP) is 1.58. The van der Waals surface area contributed by atoms with Gasteiger partial charge in [-0.3, -0.25) is 9.69 Å². The van der Waals surface area contributed by atoms with Gasteiger partial charge in [-0.05, 0) is 38.0 Å². The summed E-state index contributed by atoms with van der Waals surface area (Å²) in [5, 5.41) is 2.97. The molecule has 0 aliphatic carbocycles. The minimum Gasteiger partial charge on any atom is -0.377 e. The van der Waals surface area contributed by atoms with Gasteiger partial charge in [-0.1, -0.05) is 12.1 Å². The van der Waals surface area contributed by atoms with Crippen molar-refractivity contribution in [1.82, 2.24) is 4.90 Å². The fraction of sp³-hybridized carbons (Fsp3) is 0.562. The van der Waals surface area contributed by atoms with Crippen molar-refractivity contribution >= 4 is 11.6 Å². The molecule has 2 unspecified atom stereocenters. The molecule has 2 rings (SSSR count). The number of hydrogen-bond acceptors (Lipinski definition) is 4. The Morgan fingerprint density at radius 3 is 3.14 bits per heavy atom. The predicted molar refractivity (Wildman–Crippen MR) is 84.0 cm³/mol. The summed E-state index contributed by atoms with van der Waals surface area (Å²) in [7, 11) is 0. The second kappa shape index (κ2) is 7.54. The van der Waals surface area contributed by atoms with Gasteiger partial charge in [-0.25, -0.2) is 0 Å². The van der Waals surface area contributed by atoms with Crippen LogP contribution < -0.4 is 11.1 Å². The summed E-state index contributed by atoms with van der Waals surface area (Å²) in [6.45, 7) is 6.91. The van der Waals surface area contributed by atoms with Crippen LogP contribution in [0.25, 0.3) is 0 Å². The van der Waals surface area contributed by atoms with E-state index in [1.807, 2.05) is 38.1 Å². The first-order valence-corrected chi connectivity index (χ1v) is 7.55. The molecule has 0 saturated carbocycles. The molecule has 0 spiro atoms. The summed E-state index contributed by atoms with van der Waals surface area (Å²) in [5.41, 5.74) is 7.44. The van der Waals surface area contributed by atoms with Crippen LogP contribution >= 0.6 is 0 Å². The van der Waals surface area contributed by atoms with Gasteiger partial charge in [-0.15, -0.1) is 0 Å². The lowest BCUT2D eigenvalue weighted by Crippen LogP contribution is -2.44. The number of amides is 1. The van der Waals surface area contributed by atoms with Crippen LogP contribution in [0.3, 0.4) is 0 Å². The maximum absolute atomic E-state index is 12.4. The molecule has 2 atom stereocenters. The van der Waals surface area contributed by atoms with Crippen LogP contribution in [0.4, 0.5) is 5.69 Å². The first kappa shape index (κ1) is 15.9. The molecule has 116 valence electrons. The average Bonchev–Trinajstić information content (AvgIpc) is 2.71. The number of carbonyl (C=O) groups is 1. The molecule has 3 N–H and O–H groups in total. The smallest absolute Gasteiger partial charge is 0.241 e. The number of rotatable bonds is 4. The van der Waals surface area contributed by atoms with E-state index >= 15 is 0 Å². The second-order valence-electron chi connectivity index (χ2n) is 5.60. The van der Waals surface area contributed by atoms with E-state index in [1.165, 1.54) is 0 Å². The fourth-order valence-corrected chi connectivity index (χ4v) is 2.57. The van der Waals surface area contributed by atoms with Gasteiger partial charge in [0.25, 0.3) is 0 Å². The van der Waals surface area contributed by atoms with Gasteiger partial charge < -0.3 is 15.8 Å². The van der Waals surface area contributed by atoms with E-state index < -0.39 is 0 Å². The zero-order valence-corrected chi connectivity index (χ0v) is 12.8. The van der Waals surface area contributed by atoms with Gasteiger partial charge in [0, 0.05) is 31.9 Å². The Morgan fingerprint density at radius 2 is 2.38 bits per heavy atom. The number of nitrogens with one attached hydrogen (secondary N) is 1. The molecule has 1 saturated heterocycles. The molecule has 1 aromatic rings. The van der Waals surface area contributed by atoms with E-state index in [4.69, 9.17) is 10.5 Å². The molecule has 1 aliphatic rings. The molecule has 21 heavy (non-hydrogen) atoms. The van der Waals surface area contributed by atoms with Crippen molar-refractivity contribution < 1.29 is 9.53 Å². The van der Waals surface area contributed by atoms with Gasteiger partial charge in [0.15, 0.2) is 0 Å². The minimum absolute atomic E-state index is 0.0123. The lowest BCUT2D eigenvalue weighted by Gasteiger charge is -2.27. The van der Waals surface area contributed by atoms with Crippen LogP contribution in [0.15, 0.2) is 24.3 Å². The standard InChI is InChI=1S/C16H25N3O2/c1-12-11-19(7-4-8-21-12)13(2)16(20)18-15-6-3-5-14(9-15)10-17/h3,5-6,9,12-13H,4,7-8,10-11,17H2,1-2H3,(H,18,20). The number of carbonyl (C=O) groups excluding carboxylic acids is 1. The summed E-state index contributed by atoms with van der Waals surface area (Å²) in [5.74, 6) is 0.0123. The monoisotopic (exact) mass is 291 g/mol. The maximum atomic E-state index is 12.4. The van der Waals surface area contributed by atoms with E-state index in [0.717, 1.165) is 37.4 Å². The van der Waals surface area contributed by atoms with Gasteiger partial charge >= 0.3 is 0 Å². The lowest BCUT2D eigenvalue weighted by molar-refractivity contribution is -0.121. The van der Waals surface area contributed by atoms with Crippen molar-refractivity contribution in [2.75, 3.05) is 25.0 Å². The summed E-state index contributed by atoms with van der Waals surface area (Å²) in [6, 6.07) is 7.49. The van der Waals surface area contributed by atoms with E-state index in [1.54, 1.807) is 0 Å².